The number of nitrogens with zero attached hydrogens (tertiary/aromatic N) is 6. The van der Waals surface area contributed by atoms with Crippen molar-refractivity contribution in [1.29, 1.82) is 0 Å². The molecule has 0 saturated carbocycles. The summed E-state index contributed by atoms with van der Waals surface area (Å²) in [6.07, 6.45) is 5.98. The van der Waals surface area contributed by atoms with Crippen molar-refractivity contribution in [3.8, 4) is 0 Å². The third-order valence-corrected chi connectivity index (χ3v) is 7.29. The van der Waals surface area contributed by atoms with Crippen LogP contribution < -0.4 is 4.90 Å². The van der Waals surface area contributed by atoms with Gasteiger partial charge in [-0.2, -0.15) is 4.37 Å². The number of fused-ring (bicyclic) bond motifs is 1. The van der Waals surface area contributed by atoms with Gasteiger partial charge >= 0.3 is 5.97 Å². The fourth-order valence-corrected chi connectivity index (χ4v) is 4.95. The number of benzene rings is 2. The Morgan fingerprint density at radius 1 is 1.05 bits per heavy atom. The van der Waals surface area contributed by atoms with Crippen LogP contribution >= 0.6 is 11.5 Å². The minimum atomic E-state index is -0.455. The standard InChI is InChI=1S/C28H30N6O6S/c1-2-32(17-15-27(37)40-18-6-4-3-5-16-33-25(35)13-14-26(33)36)21-9-7-20(8-10-21)29-30-28-23-19-22(34(38)39)11-12-24(23)31-41-28/h7-14,19H,2-6,15-18H2,1H3. The number of hydrogen-bond acceptors (Lipinski definition) is 11. The van der Waals surface area contributed by atoms with E-state index in [1.54, 1.807) is 6.07 Å². The molecule has 41 heavy (non-hydrogen) atoms. The van der Waals surface area contributed by atoms with Gasteiger partial charge in [0.1, 0.15) is 0 Å². The highest BCUT2D eigenvalue weighted by Crippen LogP contribution is 2.34. The number of ether oxygens (including phenoxy) is 1. The molecule has 2 amide bonds. The van der Waals surface area contributed by atoms with E-state index >= 15 is 0 Å². The molecule has 4 rings (SSSR count). The van der Waals surface area contributed by atoms with Crippen molar-refractivity contribution in [3.05, 3.63) is 64.7 Å². The summed E-state index contributed by atoms with van der Waals surface area (Å²) in [6.45, 7) is 3.98. The van der Waals surface area contributed by atoms with Crippen LogP contribution in [-0.4, -0.2) is 58.2 Å². The highest BCUT2D eigenvalue weighted by atomic mass is 32.1. The number of hydrogen-bond donors (Lipinski definition) is 0. The number of nitro groups is 1. The van der Waals surface area contributed by atoms with Crippen LogP contribution in [0.15, 0.2) is 64.8 Å². The van der Waals surface area contributed by atoms with Gasteiger partial charge in [0.25, 0.3) is 17.5 Å². The summed E-state index contributed by atoms with van der Waals surface area (Å²) in [6, 6.07) is 11.9. The Labute approximate surface area is 240 Å². The van der Waals surface area contributed by atoms with Gasteiger partial charge in [-0.3, -0.25) is 29.4 Å². The first kappa shape index (κ1) is 29.5. The number of azo groups is 1. The van der Waals surface area contributed by atoms with Crippen LogP contribution in [-0.2, 0) is 19.1 Å². The van der Waals surface area contributed by atoms with E-state index in [2.05, 4.69) is 19.5 Å². The Balaban J connectivity index is 1.17. The summed E-state index contributed by atoms with van der Waals surface area (Å²) < 4.78 is 9.63. The normalized spacial score (nSPS) is 13.0. The first-order valence-electron chi connectivity index (χ1n) is 13.4. The minimum Gasteiger partial charge on any atom is -0.466 e. The van der Waals surface area contributed by atoms with E-state index in [0.717, 1.165) is 42.9 Å². The zero-order chi connectivity index (χ0) is 29.2. The Bertz CT molecular complexity index is 1450. The second-order valence-corrected chi connectivity index (χ2v) is 10.0. The lowest BCUT2D eigenvalue weighted by Gasteiger charge is -2.22. The van der Waals surface area contributed by atoms with Gasteiger partial charge in [-0.05, 0) is 68.1 Å². The molecule has 0 saturated heterocycles. The second-order valence-electron chi connectivity index (χ2n) is 9.29. The minimum absolute atomic E-state index is 0.0252. The SMILES string of the molecule is CCN(CCC(=O)OCCCCCCN1C(=O)C=CC1=O)c1ccc(N=Nc2snc3ccc([N+](=O)[O-])cc23)cc1. The van der Waals surface area contributed by atoms with E-state index in [4.69, 9.17) is 4.74 Å². The van der Waals surface area contributed by atoms with Crippen LogP contribution in [0.25, 0.3) is 10.9 Å². The summed E-state index contributed by atoms with van der Waals surface area (Å²) >= 11 is 1.13. The highest BCUT2D eigenvalue weighted by molar-refractivity contribution is 7.11. The average Bonchev–Trinajstić information content (AvgIpc) is 3.53. The second kappa shape index (κ2) is 14.2. The summed E-state index contributed by atoms with van der Waals surface area (Å²) in [4.78, 5) is 49.2. The molecule has 3 aromatic rings. The lowest BCUT2D eigenvalue weighted by atomic mass is 10.2. The van der Waals surface area contributed by atoms with Gasteiger partial charge in [-0.25, -0.2) is 0 Å². The third-order valence-electron chi connectivity index (χ3n) is 6.53. The summed E-state index contributed by atoms with van der Waals surface area (Å²) in [5.74, 6) is -0.780. The molecule has 12 nitrogen and oxygen atoms in total. The van der Waals surface area contributed by atoms with Crippen LogP contribution in [0.4, 0.5) is 22.1 Å². The summed E-state index contributed by atoms with van der Waals surface area (Å²) in [5.41, 5.74) is 2.16. The zero-order valence-corrected chi connectivity index (χ0v) is 23.4. The monoisotopic (exact) mass is 578 g/mol. The molecule has 1 aromatic heterocycles. The molecule has 2 heterocycles. The maximum absolute atomic E-state index is 12.2. The van der Waals surface area contributed by atoms with Gasteiger partial charge in [-0.1, -0.05) is 6.42 Å². The molecule has 0 bridgehead atoms. The molecule has 13 heteroatoms. The predicted molar refractivity (Wildman–Crippen MR) is 155 cm³/mol. The molecule has 0 fully saturated rings. The first-order chi connectivity index (χ1) is 19.9. The fourth-order valence-electron chi connectivity index (χ4n) is 4.27. The number of non-ortho nitro benzene ring substituents is 1. The summed E-state index contributed by atoms with van der Waals surface area (Å²) in [5, 5.41) is 20.7. The number of carbonyl (C=O) groups is 3. The molecule has 1 aliphatic heterocycles. The number of aromatic nitrogens is 1. The molecule has 0 aliphatic carbocycles. The Kier molecular flexibility index (Phi) is 10.2. The van der Waals surface area contributed by atoms with Gasteiger partial charge in [0.05, 0.1) is 29.2 Å². The lowest BCUT2D eigenvalue weighted by Crippen LogP contribution is -2.30. The maximum Gasteiger partial charge on any atom is 0.307 e. The van der Waals surface area contributed by atoms with Crippen molar-refractivity contribution in [2.75, 3.05) is 31.1 Å². The molecular formula is C28H30N6O6S. The molecule has 2 aromatic carbocycles. The molecule has 214 valence electrons. The molecular weight excluding hydrogens is 548 g/mol. The highest BCUT2D eigenvalue weighted by Gasteiger charge is 2.22. The quantitative estimate of drug-likeness (QED) is 0.0543. The van der Waals surface area contributed by atoms with E-state index in [1.807, 2.05) is 31.2 Å². The van der Waals surface area contributed by atoms with Gasteiger partial charge < -0.3 is 9.64 Å². The molecule has 1 aliphatic rings. The number of anilines is 1. The topological polar surface area (TPSA) is 148 Å². The van der Waals surface area contributed by atoms with Crippen LogP contribution in [0, 0.1) is 10.1 Å². The van der Waals surface area contributed by atoms with Gasteiger partial charge in [0, 0.05) is 55.0 Å². The number of rotatable bonds is 15. The Morgan fingerprint density at radius 3 is 2.49 bits per heavy atom. The number of nitro benzene ring substituents is 1. The van der Waals surface area contributed by atoms with Crippen molar-refractivity contribution in [1.82, 2.24) is 9.27 Å². The molecule has 0 atom stereocenters. The maximum atomic E-state index is 12.2. The van der Waals surface area contributed by atoms with Crippen molar-refractivity contribution in [2.24, 2.45) is 10.2 Å². The van der Waals surface area contributed by atoms with Crippen molar-refractivity contribution in [2.45, 2.75) is 39.0 Å². The largest absolute Gasteiger partial charge is 0.466 e. The van der Waals surface area contributed by atoms with Gasteiger partial charge in [0.15, 0.2) is 5.00 Å². The van der Waals surface area contributed by atoms with Crippen molar-refractivity contribution in [3.63, 3.8) is 0 Å². The lowest BCUT2D eigenvalue weighted by molar-refractivity contribution is -0.384. The molecule has 0 radical (unpaired) electrons. The number of unbranched alkanes of at least 4 members (excludes halogenated alkanes) is 3. The molecule has 0 spiro atoms. The number of carbonyl (C=O) groups excluding carboxylic acids is 3. The smallest absolute Gasteiger partial charge is 0.307 e. The van der Waals surface area contributed by atoms with Crippen LogP contribution in [0.3, 0.4) is 0 Å². The molecule has 0 N–H and O–H groups in total. The zero-order valence-electron chi connectivity index (χ0n) is 22.6. The van der Waals surface area contributed by atoms with Crippen LogP contribution in [0.2, 0.25) is 0 Å². The van der Waals surface area contributed by atoms with E-state index in [1.165, 1.54) is 29.2 Å². The van der Waals surface area contributed by atoms with Gasteiger partial charge in [-0.15, -0.1) is 10.2 Å². The number of imide groups is 1. The average molecular weight is 579 g/mol. The van der Waals surface area contributed by atoms with E-state index in [-0.39, 0.29) is 29.9 Å². The van der Waals surface area contributed by atoms with E-state index in [9.17, 15) is 24.5 Å². The van der Waals surface area contributed by atoms with E-state index in [0.29, 0.717) is 47.8 Å². The van der Waals surface area contributed by atoms with E-state index < -0.39 is 4.92 Å². The number of esters is 1. The Hall–Kier alpha value is -4.52. The van der Waals surface area contributed by atoms with Crippen molar-refractivity contribution < 1.29 is 24.0 Å². The predicted octanol–water partition coefficient (Wildman–Crippen LogP) is 5.86. The number of amides is 2. The molecule has 0 unspecified atom stereocenters. The van der Waals surface area contributed by atoms with Crippen LogP contribution in [0.1, 0.15) is 39.0 Å². The van der Waals surface area contributed by atoms with Crippen LogP contribution in [0.5, 0.6) is 0 Å². The van der Waals surface area contributed by atoms with Gasteiger partial charge in [0.2, 0.25) is 0 Å². The fraction of sp³-hybridized carbons (Fsp3) is 0.357. The summed E-state index contributed by atoms with van der Waals surface area (Å²) in [7, 11) is 0. The Morgan fingerprint density at radius 2 is 1.78 bits per heavy atom. The first-order valence-corrected chi connectivity index (χ1v) is 14.1. The van der Waals surface area contributed by atoms with Crippen molar-refractivity contribution >= 4 is 62.3 Å². The third kappa shape index (κ3) is 8.01.